The van der Waals surface area contributed by atoms with E-state index in [-0.39, 0.29) is 0 Å². The second kappa shape index (κ2) is 4.65. The lowest BCUT2D eigenvalue weighted by Gasteiger charge is -2.06. The van der Waals surface area contributed by atoms with E-state index in [4.69, 9.17) is 0 Å². The van der Waals surface area contributed by atoms with Crippen LogP contribution in [0.4, 0.5) is 5.95 Å². The van der Waals surface area contributed by atoms with Gasteiger partial charge in [0.15, 0.2) is 0 Å². The maximum atomic E-state index is 4.33. The van der Waals surface area contributed by atoms with E-state index in [9.17, 15) is 0 Å². The molecule has 0 bridgehead atoms. The van der Waals surface area contributed by atoms with E-state index < -0.39 is 0 Å². The molecule has 1 N–H and O–H groups in total. The average Bonchev–Trinajstić information content (AvgIpc) is 2.86. The second-order valence-electron chi connectivity index (χ2n) is 3.53. The van der Waals surface area contributed by atoms with E-state index in [0.29, 0.717) is 6.54 Å². The Hall–Kier alpha value is -2.04. The number of aryl methyl sites for hydroxylation is 1. The maximum Gasteiger partial charge on any atom is 0.203 e. The van der Waals surface area contributed by atoms with E-state index in [2.05, 4.69) is 22.0 Å². The first-order valence-corrected chi connectivity index (χ1v) is 5.14. The molecular weight excluding hydrogens is 202 g/mol. The van der Waals surface area contributed by atoms with Gasteiger partial charge in [-0.15, -0.1) is 6.58 Å². The summed E-state index contributed by atoms with van der Waals surface area (Å²) in [7, 11) is 1.91. The third-order valence-electron chi connectivity index (χ3n) is 2.22. The molecule has 5 heteroatoms. The summed E-state index contributed by atoms with van der Waals surface area (Å²) in [6.07, 6.45) is 7.44. The highest BCUT2D eigenvalue weighted by atomic mass is 15.3. The first-order valence-electron chi connectivity index (χ1n) is 5.14. The smallest absolute Gasteiger partial charge is 0.203 e. The number of anilines is 1. The summed E-state index contributed by atoms with van der Waals surface area (Å²) >= 11 is 0. The van der Waals surface area contributed by atoms with Gasteiger partial charge in [0.1, 0.15) is 0 Å². The van der Waals surface area contributed by atoms with Crippen molar-refractivity contribution in [3.05, 3.63) is 43.0 Å². The number of nitrogens with zero attached hydrogens (tertiary/aromatic N) is 4. The van der Waals surface area contributed by atoms with Crippen molar-refractivity contribution in [3.63, 3.8) is 0 Å². The predicted molar refractivity (Wildman–Crippen MR) is 63.2 cm³/mol. The second-order valence-corrected chi connectivity index (χ2v) is 3.53. The number of nitrogens with one attached hydrogen (secondary N) is 1. The van der Waals surface area contributed by atoms with Crippen molar-refractivity contribution in [2.75, 3.05) is 11.9 Å². The summed E-state index contributed by atoms with van der Waals surface area (Å²) in [5, 5.41) is 7.50. The lowest BCUT2D eigenvalue weighted by Crippen LogP contribution is -2.08. The van der Waals surface area contributed by atoms with Gasteiger partial charge in [0.2, 0.25) is 5.95 Å². The molecule has 5 nitrogen and oxygen atoms in total. The van der Waals surface area contributed by atoms with Crippen LogP contribution in [0, 0.1) is 0 Å². The van der Waals surface area contributed by atoms with Crippen LogP contribution >= 0.6 is 0 Å². The number of aromatic nitrogens is 4. The third-order valence-corrected chi connectivity index (χ3v) is 2.22. The van der Waals surface area contributed by atoms with Crippen LogP contribution in [-0.2, 0) is 13.6 Å². The third kappa shape index (κ3) is 2.31. The van der Waals surface area contributed by atoms with Crippen LogP contribution in [0.1, 0.15) is 5.69 Å². The van der Waals surface area contributed by atoms with Gasteiger partial charge in [0, 0.05) is 32.2 Å². The Kier molecular flexibility index (Phi) is 3.05. The molecule has 0 spiro atoms. The SMILES string of the molecule is C=CCNc1nccn1Cc1ccn(C)n1. The fraction of sp³-hybridized carbons (Fsp3) is 0.273. The van der Waals surface area contributed by atoms with E-state index in [1.807, 2.05) is 30.1 Å². The maximum absolute atomic E-state index is 4.33. The molecule has 0 unspecified atom stereocenters. The van der Waals surface area contributed by atoms with Gasteiger partial charge in [-0.25, -0.2) is 4.98 Å². The number of imidazole rings is 1. The van der Waals surface area contributed by atoms with Gasteiger partial charge in [-0.05, 0) is 6.07 Å². The highest BCUT2D eigenvalue weighted by Crippen LogP contribution is 2.07. The van der Waals surface area contributed by atoms with Crippen LogP contribution in [0.3, 0.4) is 0 Å². The Morgan fingerprint density at radius 2 is 2.38 bits per heavy atom. The summed E-state index contributed by atoms with van der Waals surface area (Å²) in [5.41, 5.74) is 1.02. The molecule has 16 heavy (non-hydrogen) atoms. The summed E-state index contributed by atoms with van der Waals surface area (Å²) < 4.78 is 3.81. The van der Waals surface area contributed by atoms with Crippen LogP contribution in [-0.4, -0.2) is 25.9 Å². The quantitative estimate of drug-likeness (QED) is 0.767. The van der Waals surface area contributed by atoms with E-state index in [1.165, 1.54) is 0 Å². The van der Waals surface area contributed by atoms with Crippen molar-refractivity contribution in [1.29, 1.82) is 0 Å². The molecule has 0 saturated heterocycles. The van der Waals surface area contributed by atoms with Crippen LogP contribution in [0.15, 0.2) is 37.3 Å². The van der Waals surface area contributed by atoms with Gasteiger partial charge in [0.05, 0.1) is 12.2 Å². The van der Waals surface area contributed by atoms with Crippen molar-refractivity contribution in [3.8, 4) is 0 Å². The standard InChI is InChI=1S/C11H15N5/c1-3-5-12-11-13-6-8-16(11)9-10-4-7-15(2)14-10/h3-4,6-8H,1,5,9H2,2H3,(H,12,13). The molecule has 0 atom stereocenters. The first-order chi connectivity index (χ1) is 7.79. The number of hydrogen-bond acceptors (Lipinski definition) is 3. The van der Waals surface area contributed by atoms with Gasteiger partial charge in [-0.1, -0.05) is 6.08 Å². The molecule has 0 fully saturated rings. The Morgan fingerprint density at radius 1 is 1.50 bits per heavy atom. The summed E-state index contributed by atoms with van der Waals surface area (Å²) in [6, 6.07) is 2.00. The van der Waals surface area contributed by atoms with E-state index in [0.717, 1.165) is 18.2 Å². The summed E-state index contributed by atoms with van der Waals surface area (Å²) in [4.78, 5) is 4.23. The van der Waals surface area contributed by atoms with E-state index in [1.54, 1.807) is 17.0 Å². The molecule has 0 saturated carbocycles. The number of rotatable bonds is 5. The molecule has 2 heterocycles. The van der Waals surface area contributed by atoms with Crippen molar-refractivity contribution in [2.24, 2.45) is 7.05 Å². The summed E-state index contributed by atoms with van der Waals surface area (Å²) in [6.45, 7) is 5.09. The molecule has 2 aromatic rings. The highest BCUT2D eigenvalue weighted by Gasteiger charge is 2.03. The zero-order valence-electron chi connectivity index (χ0n) is 9.30. The Balaban J connectivity index is 2.09. The topological polar surface area (TPSA) is 47.7 Å². The average molecular weight is 217 g/mol. The van der Waals surface area contributed by atoms with Crippen LogP contribution in [0.25, 0.3) is 0 Å². The molecule has 84 valence electrons. The molecule has 2 aromatic heterocycles. The summed E-state index contributed by atoms with van der Waals surface area (Å²) in [5.74, 6) is 0.838. The van der Waals surface area contributed by atoms with Gasteiger partial charge < -0.3 is 9.88 Å². The van der Waals surface area contributed by atoms with Gasteiger partial charge in [0.25, 0.3) is 0 Å². The van der Waals surface area contributed by atoms with E-state index >= 15 is 0 Å². The minimum absolute atomic E-state index is 0.708. The first kappa shape index (κ1) is 10.5. The minimum atomic E-state index is 0.708. The largest absolute Gasteiger partial charge is 0.352 e. The lowest BCUT2D eigenvalue weighted by molar-refractivity contribution is 0.708. The molecule has 0 aromatic carbocycles. The lowest BCUT2D eigenvalue weighted by atomic mass is 10.4. The van der Waals surface area contributed by atoms with Gasteiger partial charge >= 0.3 is 0 Å². The number of hydrogen-bond donors (Lipinski definition) is 1. The fourth-order valence-electron chi connectivity index (χ4n) is 1.49. The fourth-order valence-corrected chi connectivity index (χ4v) is 1.49. The molecule has 0 aliphatic carbocycles. The molecule has 0 radical (unpaired) electrons. The van der Waals surface area contributed by atoms with Crippen molar-refractivity contribution in [2.45, 2.75) is 6.54 Å². The minimum Gasteiger partial charge on any atom is -0.352 e. The van der Waals surface area contributed by atoms with Crippen LogP contribution in [0.2, 0.25) is 0 Å². The Morgan fingerprint density at radius 3 is 3.06 bits per heavy atom. The predicted octanol–water partition coefficient (Wildman–Crippen LogP) is 1.26. The zero-order valence-corrected chi connectivity index (χ0v) is 9.30. The Bertz CT molecular complexity index is 468. The monoisotopic (exact) mass is 217 g/mol. The Labute approximate surface area is 94.4 Å². The van der Waals surface area contributed by atoms with Crippen LogP contribution in [0.5, 0.6) is 0 Å². The molecule has 0 amide bonds. The van der Waals surface area contributed by atoms with Crippen LogP contribution < -0.4 is 5.32 Å². The van der Waals surface area contributed by atoms with Gasteiger partial charge in [-0.3, -0.25) is 4.68 Å². The molecule has 0 aliphatic heterocycles. The van der Waals surface area contributed by atoms with Crippen molar-refractivity contribution < 1.29 is 0 Å². The zero-order chi connectivity index (χ0) is 11.4. The molecule has 2 rings (SSSR count). The van der Waals surface area contributed by atoms with Crippen molar-refractivity contribution >= 4 is 5.95 Å². The normalized spacial score (nSPS) is 10.3. The molecule has 0 aliphatic rings. The molecular formula is C11H15N5. The van der Waals surface area contributed by atoms with Gasteiger partial charge in [-0.2, -0.15) is 5.10 Å². The highest BCUT2D eigenvalue weighted by molar-refractivity contribution is 5.27. The van der Waals surface area contributed by atoms with Crippen molar-refractivity contribution in [1.82, 2.24) is 19.3 Å².